The van der Waals surface area contributed by atoms with E-state index >= 15 is 0 Å². The Bertz CT molecular complexity index is 820. The minimum Gasteiger partial charge on any atom is -0.460 e. The first-order chi connectivity index (χ1) is 13.1. The van der Waals surface area contributed by atoms with Gasteiger partial charge in [0.1, 0.15) is 11.6 Å². The second kappa shape index (κ2) is 7.66. The molecule has 2 aromatic rings. The molecule has 27 heavy (non-hydrogen) atoms. The largest absolute Gasteiger partial charge is 0.460 e. The van der Waals surface area contributed by atoms with Gasteiger partial charge in [-0.15, -0.1) is 0 Å². The summed E-state index contributed by atoms with van der Waals surface area (Å²) < 4.78 is 26.0. The van der Waals surface area contributed by atoms with Crippen LogP contribution in [0.5, 0.6) is 5.75 Å². The lowest BCUT2D eigenvalue weighted by Crippen LogP contribution is -2.38. The number of amides is 1. The number of carbonyl (C=O) groups excluding carboxylic acids is 1. The Kier molecular flexibility index (Phi) is 5.09. The summed E-state index contributed by atoms with van der Waals surface area (Å²) in [7, 11) is 0. The highest BCUT2D eigenvalue weighted by Gasteiger charge is 2.28. The number of likely N-dealkylation sites (tertiary alicyclic amines) is 1. The maximum absolute atomic E-state index is 14.1. The smallest absolute Gasteiger partial charge is 0.227 e. The van der Waals surface area contributed by atoms with Gasteiger partial charge in [0, 0.05) is 29.2 Å². The van der Waals surface area contributed by atoms with E-state index in [4.69, 9.17) is 15.2 Å². The van der Waals surface area contributed by atoms with Crippen molar-refractivity contribution in [2.24, 2.45) is 11.7 Å². The van der Waals surface area contributed by atoms with E-state index in [1.165, 1.54) is 12.1 Å². The first-order valence-electron chi connectivity index (χ1n) is 9.26. The molecular formula is C21H23FN2O3. The monoisotopic (exact) mass is 370 g/mol. The maximum Gasteiger partial charge on any atom is 0.227 e. The molecule has 0 aliphatic carbocycles. The van der Waals surface area contributed by atoms with Crippen molar-refractivity contribution in [1.29, 1.82) is 0 Å². The van der Waals surface area contributed by atoms with Crippen LogP contribution in [0.25, 0.3) is 0 Å². The van der Waals surface area contributed by atoms with Crippen molar-refractivity contribution in [3.63, 3.8) is 0 Å². The first-order valence-corrected chi connectivity index (χ1v) is 9.26. The van der Waals surface area contributed by atoms with Crippen LogP contribution < -0.4 is 10.5 Å². The van der Waals surface area contributed by atoms with Crippen LogP contribution in [0.4, 0.5) is 4.39 Å². The normalized spacial score (nSPS) is 20.7. The molecule has 1 fully saturated rings. The van der Waals surface area contributed by atoms with Gasteiger partial charge in [-0.25, -0.2) is 4.39 Å². The number of piperidine rings is 1. The molecule has 2 aliphatic heterocycles. The van der Waals surface area contributed by atoms with Gasteiger partial charge < -0.3 is 15.2 Å². The molecule has 2 aromatic carbocycles. The summed E-state index contributed by atoms with van der Waals surface area (Å²) in [6.07, 6.45) is 0.982. The van der Waals surface area contributed by atoms with E-state index in [1.54, 1.807) is 0 Å². The highest BCUT2D eigenvalue weighted by Crippen LogP contribution is 2.37. The third kappa shape index (κ3) is 3.96. The van der Waals surface area contributed by atoms with Crippen LogP contribution in [-0.4, -0.2) is 23.9 Å². The molecule has 0 saturated carbocycles. The van der Waals surface area contributed by atoms with Gasteiger partial charge in [0.25, 0.3) is 0 Å². The lowest BCUT2D eigenvalue weighted by atomic mass is 9.95. The third-order valence-corrected chi connectivity index (χ3v) is 5.28. The van der Waals surface area contributed by atoms with Gasteiger partial charge in [0.2, 0.25) is 12.2 Å². The highest BCUT2D eigenvalue weighted by atomic mass is 19.1. The van der Waals surface area contributed by atoms with Gasteiger partial charge in [-0.1, -0.05) is 30.3 Å². The number of primary amides is 1. The van der Waals surface area contributed by atoms with Gasteiger partial charge in [-0.2, -0.15) is 0 Å². The number of nitrogens with zero attached hydrogens (tertiary/aromatic N) is 1. The standard InChI is InChI=1S/C21H23FN2O3/c22-18-10-16(12-24-8-6-14(7-9-24)20(23)25)19-17(11-18)13-26-21(27-19)15-4-2-1-3-5-15/h1-5,10-11,14,21H,6-9,12-13H2,(H2,23,25)/t21-/m1/s1. The van der Waals surface area contributed by atoms with E-state index in [2.05, 4.69) is 4.90 Å². The average molecular weight is 370 g/mol. The summed E-state index contributed by atoms with van der Waals surface area (Å²) in [5.74, 6) is 0.119. The molecule has 1 atom stereocenters. The molecular weight excluding hydrogens is 347 g/mol. The molecule has 2 N–H and O–H groups in total. The summed E-state index contributed by atoms with van der Waals surface area (Å²) >= 11 is 0. The van der Waals surface area contributed by atoms with E-state index in [-0.39, 0.29) is 17.6 Å². The molecule has 1 amide bonds. The molecule has 4 rings (SSSR count). The summed E-state index contributed by atoms with van der Waals surface area (Å²) in [6.45, 7) is 2.41. The molecule has 5 nitrogen and oxygen atoms in total. The molecule has 0 bridgehead atoms. The van der Waals surface area contributed by atoms with Crippen LogP contribution in [0.15, 0.2) is 42.5 Å². The Morgan fingerprint density at radius 1 is 1.19 bits per heavy atom. The van der Waals surface area contributed by atoms with Crippen molar-refractivity contribution in [3.05, 3.63) is 65.0 Å². The molecule has 2 aliphatic rings. The van der Waals surface area contributed by atoms with Crippen molar-refractivity contribution >= 4 is 5.91 Å². The predicted molar refractivity (Wildman–Crippen MR) is 98.2 cm³/mol. The zero-order valence-corrected chi connectivity index (χ0v) is 15.1. The van der Waals surface area contributed by atoms with E-state index in [0.29, 0.717) is 18.9 Å². The number of hydrogen-bond donors (Lipinski definition) is 1. The Labute approximate surface area is 157 Å². The van der Waals surface area contributed by atoms with E-state index in [9.17, 15) is 9.18 Å². The number of fused-ring (bicyclic) bond motifs is 1. The Morgan fingerprint density at radius 2 is 1.93 bits per heavy atom. The molecule has 1 saturated heterocycles. The number of halogens is 1. The topological polar surface area (TPSA) is 64.8 Å². The summed E-state index contributed by atoms with van der Waals surface area (Å²) in [5, 5.41) is 0. The number of benzene rings is 2. The van der Waals surface area contributed by atoms with Crippen molar-refractivity contribution < 1.29 is 18.7 Å². The number of carbonyl (C=O) groups is 1. The Morgan fingerprint density at radius 3 is 2.63 bits per heavy atom. The second-order valence-electron chi connectivity index (χ2n) is 7.18. The van der Waals surface area contributed by atoms with Crippen molar-refractivity contribution in [2.45, 2.75) is 32.3 Å². The fraction of sp³-hybridized carbons (Fsp3) is 0.381. The Hall–Kier alpha value is -2.44. The molecule has 0 aromatic heterocycles. The fourth-order valence-corrected chi connectivity index (χ4v) is 3.79. The lowest BCUT2D eigenvalue weighted by molar-refractivity contribution is -0.123. The molecule has 2 heterocycles. The minimum atomic E-state index is -0.497. The predicted octanol–water partition coefficient (Wildman–Crippen LogP) is 3.13. The summed E-state index contributed by atoms with van der Waals surface area (Å²) in [6, 6.07) is 12.7. The van der Waals surface area contributed by atoms with Crippen molar-refractivity contribution in [2.75, 3.05) is 13.1 Å². The van der Waals surface area contributed by atoms with Crippen LogP contribution in [0.3, 0.4) is 0 Å². The molecule has 0 radical (unpaired) electrons. The van der Waals surface area contributed by atoms with Gasteiger partial charge in [-0.3, -0.25) is 9.69 Å². The zero-order valence-electron chi connectivity index (χ0n) is 15.1. The highest BCUT2D eigenvalue weighted by molar-refractivity contribution is 5.76. The van der Waals surface area contributed by atoms with E-state index < -0.39 is 6.29 Å². The van der Waals surface area contributed by atoms with Gasteiger partial charge >= 0.3 is 0 Å². The van der Waals surface area contributed by atoms with Gasteiger partial charge in [0.05, 0.1) is 6.61 Å². The number of ether oxygens (including phenoxy) is 2. The fourth-order valence-electron chi connectivity index (χ4n) is 3.79. The van der Waals surface area contributed by atoms with Gasteiger partial charge in [-0.05, 0) is 38.1 Å². The number of rotatable bonds is 4. The molecule has 6 heteroatoms. The van der Waals surface area contributed by atoms with Crippen molar-refractivity contribution in [1.82, 2.24) is 4.90 Å². The zero-order chi connectivity index (χ0) is 18.8. The van der Waals surface area contributed by atoms with Crippen LogP contribution in [0.1, 0.15) is 35.8 Å². The molecule has 0 unspecified atom stereocenters. The Balaban J connectivity index is 1.52. The second-order valence-corrected chi connectivity index (χ2v) is 7.18. The van der Waals surface area contributed by atoms with Crippen LogP contribution >= 0.6 is 0 Å². The SMILES string of the molecule is NC(=O)C1CCN(Cc2cc(F)cc3c2O[C@H](c2ccccc2)OC3)CC1. The number of hydrogen-bond acceptors (Lipinski definition) is 4. The van der Waals surface area contributed by atoms with E-state index in [0.717, 1.165) is 42.6 Å². The average Bonchev–Trinajstić information content (AvgIpc) is 2.69. The van der Waals surface area contributed by atoms with Gasteiger partial charge in [0.15, 0.2) is 0 Å². The third-order valence-electron chi connectivity index (χ3n) is 5.28. The summed E-state index contributed by atoms with van der Waals surface area (Å²) in [5.41, 5.74) is 7.87. The van der Waals surface area contributed by atoms with Crippen molar-refractivity contribution in [3.8, 4) is 5.75 Å². The van der Waals surface area contributed by atoms with Crippen LogP contribution in [-0.2, 0) is 22.7 Å². The molecule has 142 valence electrons. The summed E-state index contributed by atoms with van der Waals surface area (Å²) in [4.78, 5) is 13.6. The van der Waals surface area contributed by atoms with Crippen LogP contribution in [0.2, 0.25) is 0 Å². The molecule has 0 spiro atoms. The van der Waals surface area contributed by atoms with Crippen LogP contribution in [0, 0.1) is 11.7 Å². The first kappa shape index (κ1) is 17.9. The van der Waals surface area contributed by atoms with E-state index in [1.807, 2.05) is 30.3 Å². The maximum atomic E-state index is 14.1. The number of nitrogens with two attached hydrogens (primary N) is 1. The lowest BCUT2D eigenvalue weighted by Gasteiger charge is -2.33. The quantitative estimate of drug-likeness (QED) is 0.898. The minimum absolute atomic E-state index is 0.0604.